The predicted molar refractivity (Wildman–Crippen MR) is 88.6 cm³/mol. The smallest absolute Gasteiger partial charge is 0.245 e. The Morgan fingerprint density at radius 1 is 1.20 bits per heavy atom. The van der Waals surface area contributed by atoms with Gasteiger partial charge in [0, 0.05) is 0 Å². The number of hydrogen-bond donors (Lipinski definition) is 2. The fourth-order valence-corrected chi connectivity index (χ4v) is 3.60. The van der Waals surface area contributed by atoms with Crippen molar-refractivity contribution in [3.05, 3.63) is 42.5 Å². The molecule has 0 unspecified atom stereocenters. The monoisotopic (exact) mass is 362 g/mol. The summed E-state index contributed by atoms with van der Waals surface area (Å²) in [6.07, 6.45) is 1.32. The van der Waals surface area contributed by atoms with Crippen LogP contribution in [0.4, 0.5) is 0 Å². The van der Waals surface area contributed by atoms with Gasteiger partial charge in [-0.25, -0.2) is 13.4 Å². The van der Waals surface area contributed by atoms with Gasteiger partial charge in [-0.05, 0) is 17.5 Å². The van der Waals surface area contributed by atoms with Crippen LogP contribution in [0.15, 0.2) is 46.1 Å². The third-order valence-corrected chi connectivity index (χ3v) is 4.95. The van der Waals surface area contributed by atoms with E-state index in [4.69, 9.17) is 4.52 Å². The minimum Gasteiger partial charge on any atom is -0.337 e. The number of aromatic amines is 1. The Hall–Kier alpha value is -2.59. The lowest BCUT2D eigenvalue weighted by Gasteiger charge is -2.28. The molecule has 0 amide bonds. The van der Waals surface area contributed by atoms with Crippen LogP contribution in [0.25, 0.3) is 11.6 Å². The van der Waals surface area contributed by atoms with Crippen LogP contribution in [0, 0.1) is 5.41 Å². The first kappa shape index (κ1) is 17.2. The van der Waals surface area contributed by atoms with Crippen molar-refractivity contribution in [2.75, 3.05) is 0 Å². The number of hydrogen-bond acceptors (Lipinski definition) is 7. The van der Waals surface area contributed by atoms with Crippen molar-refractivity contribution in [2.45, 2.75) is 31.7 Å². The summed E-state index contributed by atoms with van der Waals surface area (Å²) in [5.41, 5.74) is -0.507. The lowest BCUT2D eigenvalue weighted by molar-refractivity contribution is 0.236. The number of aromatic nitrogens is 5. The number of nitrogens with zero attached hydrogens (tertiary/aromatic N) is 4. The highest BCUT2D eigenvalue weighted by molar-refractivity contribution is 7.89. The van der Waals surface area contributed by atoms with Crippen LogP contribution in [-0.4, -0.2) is 33.7 Å². The summed E-state index contributed by atoms with van der Waals surface area (Å²) in [6.45, 7) is 5.64. The molecule has 1 aromatic carbocycles. The fourth-order valence-electron chi connectivity index (χ4n) is 2.18. The molecular formula is C15H18N6O3S. The number of H-pyrrole nitrogens is 1. The molecule has 2 aromatic heterocycles. The maximum Gasteiger partial charge on any atom is 0.245 e. The van der Waals surface area contributed by atoms with Crippen LogP contribution in [0.3, 0.4) is 0 Å². The second-order valence-corrected chi connectivity index (χ2v) is 8.24. The van der Waals surface area contributed by atoms with Crippen molar-refractivity contribution < 1.29 is 12.9 Å². The van der Waals surface area contributed by atoms with Crippen LogP contribution >= 0.6 is 0 Å². The standard InChI is InChI=1S/C15H18N6O3S/c1-15(2,3)11(21-25(22,23)10-7-5-4-6-8-10)14-18-13(20-24-14)12-16-9-17-19-12/h4-9,11,21H,1-3H3,(H,16,17,19)/t11-/m0/s1. The lowest BCUT2D eigenvalue weighted by atomic mass is 9.87. The highest BCUT2D eigenvalue weighted by Gasteiger charge is 2.35. The van der Waals surface area contributed by atoms with E-state index in [1.807, 2.05) is 20.8 Å². The molecule has 3 rings (SSSR count). The van der Waals surface area contributed by atoms with Crippen molar-refractivity contribution >= 4 is 10.0 Å². The molecule has 9 nitrogen and oxygen atoms in total. The first-order valence-electron chi connectivity index (χ1n) is 7.54. The van der Waals surface area contributed by atoms with Crippen LogP contribution < -0.4 is 4.72 Å². The summed E-state index contributed by atoms with van der Waals surface area (Å²) in [7, 11) is -3.75. The molecule has 2 N–H and O–H groups in total. The van der Waals surface area contributed by atoms with E-state index in [1.54, 1.807) is 18.2 Å². The van der Waals surface area contributed by atoms with Gasteiger partial charge in [0.25, 0.3) is 0 Å². The van der Waals surface area contributed by atoms with Gasteiger partial charge in [0.15, 0.2) is 5.82 Å². The highest BCUT2D eigenvalue weighted by atomic mass is 32.2. The van der Waals surface area contributed by atoms with E-state index in [-0.39, 0.29) is 16.6 Å². The Labute approximate surface area is 144 Å². The molecule has 1 atom stereocenters. The summed E-state index contributed by atoms with van der Waals surface area (Å²) < 4.78 is 33.3. The zero-order chi connectivity index (χ0) is 18.1. The minimum atomic E-state index is -3.75. The molecule has 0 radical (unpaired) electrons. The van der Waals surface area contributed by atoms with Crippen LogP contribution in [0.5, 0.6) is 0 Å². The van der Waals surface area contributed by atoms with Gasteiger partial charge in [0.2, 0.25) is 21.7 Å². The Kier molecular flexibility index (Phi) is 4.39. The summed E-state index contributed by atoms with van der Waals surface area (Å²) in [5, 5.41) is 10.2. The maximum atomic E-state index is 12.7. The van der Waals surface area contributed by atoms with E-state index >= 15 is 0 Å². The molecule has 3 aromatic rings. The molecule has 0 saturated carbocycles. The van der Waals surface area contributed by atoms with Gasteiger partial charge < -0.3 is 4.52 Å². The van der Waals surface area contributed by atoms with Crippen molar-refractivity contribution in [1.82, 2.24) is 30.0 Å². The third-order valence-electron chi connectivity index (χ3n) is 3.51. The van der Waals surface area contributed by atoms with E-state index in [0.717, 1.165) is 0 Å². The average molecular weight is 362 g/mol. The van der Waals surface area contributed by atoms with E-state index in [9.17, 15) is 8.42 Å². The van der Waals surface area contributed by atoms with Gasteiger partial charge in [-0.1, -0.05) is 44.1 Å². The molecule has 2 heterocycles. The maximum absolute atomic E-state index is 12.7. The summed E-state index contributed by atoms with van der Waals surface area (Å²) in [5.74, 6) is 0.702. The SMILES string of the molecule is CC(C)(C)[C@@H](NS(=O)(=O)c1ccccc1)c1nc(-c2ncn[nH]2)no1. The molecule has 25 heavy (non-hydrogen) atoms. The zero-order valence-electron chi connectivity index (χ0n) is 14.0. The van der Waals surface area contributed by atoms with Gasteiger partial charge in [-0.2, -0.15) is 14.8 Å². The number of rotatable bonds is 5. The van der Waals surface area contributed by atoms with E-state index in [2.05, 4.69) is 30.0 Å². The molecule has 0 spiro atoms. The summed E-state index contributed by atoms with van der Waals surface area (Å²) >= 11 is 0. The molecule has 0 fully saturated rings. The van der Waals surface area contributed by atoms with Gasteiger partial charge >= 0.3 is 0 Å². The highest BCUT2D eigenvalue weighted by Crippen LogP contribution is 2.33. The first-order valence-corrected chi connectivity index (χ1v) is 9.02. The van der Waals surface area contributed by atoms with Gasteiger partial charge in [0.1, 0.15) is 12.4 Å². The van der Waals surface area contributed by atoms with Gasteiger partial charge in [-0.3, -0.25) is 5.10 Å². The van der Waals surface area contributed by atoms with E-state index < -0.39 is 21.5 Å². The number of nitrogens with one attached hydrogen (secondary N) is 2. The normalized spacial score (nSPS) is 13.7. The summed E-state index contributed by atoms with van der Waals surface area (Å²) in [4.78, 5) is 8.38. The van der Waals surface area contributed by atoms with Gasteiger partial charge in [0.05, 0.1) is 4.90 Å². The molecule has 0 saturated heterocycles. The van der Waals surface area contributed by atoms with Crippen molar-refractivity contribution in [3.63, 3.8) is 0 Å². The summed E-state index contributed by atoms with van der Waals surface area (Å²) in [6, 6.07) is 7.40. The fraction of sp³-hybridized carbons (Fsp3) is 0.333. The molecule has 10 heteroatoms. The molecule has 0 aliphatic carbocycles. The van der Waals surface area contributed by atoms with Crippen LogP contribution in [0.1, 0.15) is 32.7 Å². The molecule has 0 aliphatic heterocycles. The van der Waals surface area contributed by atoms with Crippen molar-refractivity contribution in [3.8, 4) is 11.6 Å². The third kappa shape index (κ3) is 3.74. The Balaban J connectivity index is 1.94. The first-order chi connectivity index (χ1) is 11.8. The number of benzene rings is 1. The van der Waals surface area contributed by atoms with Gasteiger partial charge in [-0.15, -0.1) is 0 Å². The second kappa shape index (κ2) is 6.37. The van der Waals surface area contributed by atoms with E-state index in [0.29, 0.717) is 5.82 Å². The molecule has 0 bridgehead atoms. The molecule has 132 valence electrons. The Bertz CT molecular complexity index is 929. The largest absolute Gasteiger partial charge is 0.337 e. The molecular weight excluding hydrogens is 344 g/mol. The predicted octanol–water partition coefficient (Wildman–Crippen LogP) is 1.92. The van der Waals surface area contributed by atoms with Crippen molar-refractivity contribution in [1.29, 1.82) is 0 Å². The Morgan fingerprint density at radius 2 is 1.92 bits per heavy atom. The lowest BCUT2D eigenvalue weighted by Crippen LogP contribution is -2.36. The Morgan fingerprint density at radius 3 is 2.52 bits per heavy atom. The average Bonchev–Trinajstić information content (AvgIpc) is 3.23. The number of sulfonamides is 1. The quantitative estimate of drug-likeness (QED) is 0.710. The topological polar surface area (TPSA) is 127 Å². The minimum absolute atomic E-state index is 0.151. The van der Waals surface area contributed by atoms with Crippen LogP contribution in [-0.2, 0) is 10.0 Å². The molecule has 0 aliphatic rings. The van der Waals surface area contributed by atoms with E-state index in [1.165, 1.54) is 18.5 Å². The van der Waals surface area contributed by atoms with Crippen LogP contribution in [0.2, 0.25) is 0 Å². The second-order valence-electron chi connectivity index (χ2n) is 6.52. The van der Waals surface area contributed by atoms with Crippen molar-refractivity contribution in [2.24, 2.45) is 5.41 Å². The zero-order valence-corrected chi connectivity index (χ0v) is 14.8.